The molecule has 0 spiro atoms. The minimum absolute atomic E-state index is 0.743. The number of thiazole rings is 1. The van der Waals surface area contributed by atoms with Gasteiger partial charge in [0.1, 0.15) is 11.6 Å². The Balaban J connectivity index is 1.37. The minimum atomic E-state index is 0.743. The van der Waals surface area contributed by atoms with Gasteiger partial charge in [-0.3, -0.25) is 4.90 Å². The van der Waals surface area contributed by atoms with E-state index >= 15 is 0 Å². The molecule has 0 aliphatic heterocycles. The second-order valence-electron chi connectivity index (χ2n) is 9.34. The van der Waals surface area contributed by atoms with E-state index in [0.717, 1.165) is 43.2 Å². The Morgan fingerprint density at radius 2 is 1.80 bits per heavy atom. The number of nitrogens with zero attached hydrogens (tertiary/aromatic N) is 6. The van der Waals surface area contributed by atoms with Crippen LogP contribution >= 0.6 is 11.3 Å². The number of hydrogen-bond donors (Lipinski definition) is 1. The van der Waals surface area contributed by atoms with Crippen molar-refractivity contribution >= 4 is 21.6 Å². The molecule has 3 heterocycles. The summed E-state index contributed by atoms with van der Waals surface area (Å²) in [6.45, 7) is 10.5. The number of fused-ring (bicyclic) bond motifs is 1. The maximum atomic E-state index is 4.99. The van der Waals surface area contributed by atoms with Gasteiger partial charge in [0, 0.05) is 38.4 Å². The van der Waals surface area contributed by atoms with Crippen LogP contribution in [0.5, 0.6) is 0 Å². The summed E-state index contributed by atoms with van der Waals surface area (Å²) in [6.07, 6.45) is 13.5. The van der Waals surface area contributed by atoms with E-state index in [0.29, 0.717) is 0 Å². The summed E-state index contributed by atoms with van der Waals surface area (Å²) < 4.78 is 3.36. The van der Waals surface area contributed by atoms with Crippen molar-refractivity contribution in [2.24, 2.45) is 7.05 Å². The Morgan fingerprint density at radius 1 is 0.943 bits per heavy atom. The highest BCUT2D eigenvalue weighted by atomic mass is 32.1. The lowest BCUT2D eigenvalue weighted by Crippen LogP contribution is -2.26. The van der Waals surface area contributed by atoms with Crippen LogP contribution in [0.3, 0.4) is 0 Å². The standard InChI is InChI=1S/C27H39N7S/c1-4-14-33(15-5-2)16-7-6-8-27-31-23-18-22(9-10-24(23)35-27)19-34(20-25-28-11-12-29-25)21-26-30-13-17-32(26)3/h9-13,17-18H,4-8,14-16,19-21H2,1-3H3,(H,28,29). The van der Waals surface area contributed by atoms with Gasteiger partial charge in [-0.25, -0.2) is 15.0 Å². The summed E-state index contributed by atoms with van der Waals surface area (Å²) in [6, 6.07) is 6.74. The van der Waals surface area contributed by atoms with Crippen LogP contribution in [0.15, 0.2) is 43.0 Å². The molecule has 0 unspecified atom stereocenters. The van der Waals surface area contributed by atoms with Gasteiger partial charge in [0.25, 0.3) is 0 Å². The molecule has 0 radical (unpaired) electrons. The zero-order chi connectivity index (χ0) is 24.5. The second-order valence-corrected chi connectivity index (χ2v) is 10.5. The average molecular weight is 494 g/mol. The second kappa shape index (κ2) is 13.0. The Bertz CT molecular complexity index is 1140. The van der Waals surface area contributed by atoms with E-state index in [1.54, 1.807) is 0 Å². The summed E-state index contributed by atoms with van der Waals surface area (Å²) in [5.74, 6) is 2.01. The predicted octanol–water partition coefficient (Wildman–Crippen LogP) is 5.40. The van der Waals surface area contributed by atoms with Crippen molar-refractivity contribution in [2.45, 2.75) is 65.6 Å². The lowest BCUT2D eigenvalue weighted by Gasteiger charge is -2.21. The van der Waals surface area contributed by atoms with Gasteiger partial charge in [0.2, 0.25) is 0 Å². The third-order valence-electron chi connectivity index (χ3n) is 6.31. The quantitative estimate of drug-likeness (QED) is 0.225. The molecule has 4 aromatic rings. The molecule has 188 valence electrons. The fourth-order valence-corrected chi connectivity index (χ4v) is 5.57. The first-order chi connectivity index (χ1) is 17.1. The van der Waals surface area contributed by atoms with E-state index in [1.807, 2.05) is 43.2 Å². The molecule has 7 nitrogen and oxygen atoms in total. The van der Waals surface area contributed by atoms with Crippen LogP contribution in [0.2, 0.25) is 0 Å². The molecule has 1 aromatic carbocycles. The molecule has 0 aliphatic carbocycles. The van der Waals surface area contributed by atoms with Crippen molar-refractivity contribution in [3.05, 3.63) is 65.2 Å². The molecular weight excluding hydrogens is 454 g/mol. The highest BCUT2D eigenvalue weighted by Gasteiger charge is 2.14. The molecule has 0 saturated heterocycles. The molecule has 0 amide bonds. The van der Waals surface area contributed by atoms with E-state index in [4.69, 9.17) is 4.98 Å². The number of benzene rings is 1. The van der Waals surface area contributed by atoms with E-state index in [9.17, 15) is 0 Å². The maximum absolute atomic E-state index is 4.99. The third kappa shape index (κ3) is 7.46. The Morgan fingerprint density at radius 3 is 2.51 bits per heavy atom. The Hall–Kier alpha value is -2.55. The van der Waals surface area contributed by atoms with Crippen LogP contribution in [0, 0.1) is 0 Å². The van der Waals surface area contributed by atoms with Gasteiger partial charge in [-0.05, 0) is 69.4 Å². The largest absolute Gasteiger partial charge is 0.348 e. The topological polar surface area (TPSA) is 65.9 Å². The Labute approximate surface area is 213 Å². The number of aromatic nitrogens is 5. The van der Waals surface area contributed by atoms with Crippen LogP contribution in [0.25, 0.3) is 10.2 Å². The number of imidazole rings is 2. The molecule has 1 N–H and O–H groups in total. The lowest BCUT2D eigenvalue weighted by atomic mass is 10.2. The van der Waals surface area contributed by atoms with Crippen LogP contribution in [0.1, 0.15) is 61.8 Å². The number of aromatic amines is 1. The summed E-state index contributed by atoms with van der Waals surface area (Å²) in [7, 11) is 2.04. The number of aryl methyl sites for hydroxylation is 2. The van der Waals surface area contributed by atoms with Crippen molar-refractivity contribution in [1.82, 2.24) is 34.3 Å². The van der Waals surface area contributed by atoms with E-state index in [1.165, 1.54) is 60.6 Å². The molecular formula is C27H39N7S. The third-order valence-corrected chi connectivity index (χ3v) is 7.41. The summed E-state index contributed by atoms with van der Waals surface area (Å²) in [4.78, 5) is 22.1. The molecule has 0 aliphatic rings. The first-order valence-electron chi connectivity index (χ1n) is 12.9. The minimum Gasteiger partial charge on any atom is -0.348 e. The predicted molar refractivity (Wildman–Crippen MR) is 144 cm³/mol. The van der Waals surface area contributed by atoms with Crippen molar-refractivity contribution in [3.8, 4) is 0 Å². The normalized spacial score (nSPS) is 11.9. The summed E-state index contributed by atoms with van der Waals surface area (Å²) >= 11 is 1.85. The van der Waals surface area contributed by atoms with E-state index in [2.05, 4.69) is 61.4 Å². The number of unbranched alkanes of at least 4 members (excludes halogenated alkanes) is 1. The fraction of sp³-hybridized carbons (Fsp3) is 0.519. The lowest BCUT2D eigenvalue weighted by molar-refractivity contribution is 0.233. The zero-order valence-electron chi connectivity index (χ0n) is 21.4. The maximum Gasteiger partial charge on any atom is 0.122 e. The van der Waals surface area contributed by atoms with Crippen molar-refractivity contribution in [3.63, 3.8) is 0 Å². The van der Waals surface area contributed by atoms with Gasteiger partial charge >= 0.3 is 0 Å². The van der Waals surface area contributed by atoms with Crippen LogP contribution in [-0.4, -0.2) is 53.9 Å². The fourth-order valence-electron chi connectivity index (χ4n) is 4.58. The van der Waals surface area contributed by atoms with Gasteiger partial charge in [0.05, 0.1) is 28.3 Å². The van der Waals surface area contributed by atoms with Gasteiger partial charge < -0.3 is 14.5 Å². The van der Waals surface area contributed by atoms with Crippen LogP contribution in [0.4, 0.5) is 0 Å². The van der Waals surface area contributed by atoms with Gasteiger partial charge in [-0.15, -0.1) is 11.3 Å². The molecule has 0 bridgehead atoms. The van der Waals surface area contributed by atoms with Gasteiger partial charge in [0.15, 0.2) is 0 Å². The Kier molecular flexibility index (Phi) is 9.45. The number of nitrogens with one attached hydrogen (secondary N) is 1. The first kappa shape index (κ1) is 25.5. The van der Waals surface area contributed by atoms with Gasteiger partial charge in [-0.2, -0.15) is 0 Å². The summed E-state index contributed by atoms with van der Waals surface area (Å²) in [5, 5.41) is 1.26. The van der Waals surface area contributed by atoms with Crippen molar-refractivity contribution in [1.29, 1.82) is 0 Å². The first-order valence-corrected chi connectivity index (χ1v) is 13.7. The van der Waals surface area contributed by atoms with Crippen LogP contribution < -0.4 is 0 Å². The monoisotopic (exact) mass is 493 g/mol. The SMILES string of the molecule is CCCN(CCC)CCCCc1nc2cc(CN(Cc3ncc[nH]3)Cc3nccn3C)ccc2s1. The van der Waals surface area contributed by atoms with Crippen molar-refractivity contribution < 1.29 is 0 Å². The number of H-pyrrole nitrogens is 1. The smallest absolute Gasteiger partial charge is 0.122 e. The van der Waals surface area contributed by atoms with Crippen LogP contribution in [-0.2, 0) is 33.1 Å². The molecule has 4 rings (SSSR count). The number of rotatable bonds is 15. The number of hydrogen-bond acceptors (Lipinski definition) is 6. The molecule has 3 aromatic heterocycles. The van der Waals surface area contributed by atoms with Crippen molar-refractivity contribution in [2.75, 3.05) is 19.6 Å². The molecule has 0 saturated carbocycles. The van der Waals surface area contributed by atoms with E-state index < -0.39 is 0 Å². The summed E-state index contributed by atoms with van der Waals surface area (Å²) in [5.41, 5.74) is 2.39. The molecule has 8 heteroatoms. The average Bonchev–Trinajstić information content (AvgIpc) is 3.59. The zero-order valence-corrected chi connectivity index (χ0v) is 22.2. The molecule has 0 fully saturated rings. The van der Waals surface area contributed by atoms with E-state index in [-0.39, 0.29) is 0 Å². The highest BCUT2D eigenvalue weighted by Crippen LogP contribution is 2.25. The van der Waals surface area contributed by atoms with Gasteiger partial charge in [-0.1, -0.05) is 19.9 Å². The highest BCUT2D eigenvalue weighted by molar-refractivity contribution is 7.18. The molecule has 35 heavy (non-hydrogen) atoms. The molecule has 0 atom stereocenters.